The van der Waals surface area contributed by atoms with Crippen molar-refractivity contribution in [2.45, 2.75) is 6.54 Å². The lowest BCUT2D eigenvalue weighted by atomic mass is 10.1. The number of rotatable bonds is 3. The molecule has 3 aromatic rings. The number of anilines is 2. The van der Waals surface area contributed by atoms with Gasteiger partial charge in [-0.2, -0.15) is 0 Å². The number of aromatic nitrogens is 1. The summed E-state index contributed by atoms with van der Waals surface area (Å²) in [5, 5.41) is 5.35. The summed E-state index contributed by atoms with van der Waals surface area (Å²) in [6.45, 7) is 0.640. The van der Waals surface area contributed by atoms with E-state index in [9.17, 15) is 0 Å². The predicted molar refractivity (Wildman–Crippen MR) is 72.2 cm³/mol. The molecule has 0 aliphatic carbocycles. The number of nitrogens with two attached hydrogens (primary N) is 1. The summed E-state index contributed by atoms with van der Waals surface area (Å²) < 4.78 is 5.29. The van der Waals surface area contributed by atoms with E-state index >= 15 is 0 Å². The number of hydrogen-bond donors (Lipinski definition) is 2. The molecule has 2 heterocycles. The Bertz CT molecular complexity index is 662. The van der Waals surface area contributed by atoms with Crippen molar-refractivity contribution < 1.29 is 4.42 Å². The van der Waals surface area contributed by atoms with E-state index in [1.54, 1.807) is 12.5 Å². The first-order valence-electron chi connectivity index (χ1n) is 5.73. The van der Waals surface area contributed by atoms with E-state index in [1.165, 1.54) is 0 Å². The van der Waals surface area contributed by atoms with Crippen LogP contribution >= 0.6 is 0 Å². The average molecular weight is 239 g/mol. The molecule has 4 nitrogen and oxygen atoms in total. The summed E-state index contributed by atoms with van der Waals surface area (Å²) in [7, 11) is 0. The fraction of sp³-hybridized carbons (Fsp3) is 0.0714. The average Bonchev–Trinajstić information content (AvgIpc) is 2.92. The number of nitrogen functional groups attached to an aromatic ring is 1. The van der Waals surface area contributed by atoms with Gasteiger partial charge in [-0.1, -0.05) is 0 Å². The Morgan fingerprint density at radius 2 is 2.11 bits per heavy atom. The van der Waals surface area contributed by atoms with Crippen molar-refractivity contribution in [2.75, 3.05) is 11.1 Å². The maximum Gasteiger partial charge on any atom is 0.122 e. The number of hydrogen-bond acceptors (Lipinski definition) is 4. The number of benzene rings is 1. The molecule has 0 saturated heterocycles. The van der Waals surface area contributed by atoms with Crippen LogP contribution in [0.5, 0.6) is 0 Å². The summed E-state index contributed by atoms with van der Waals surface area (Å²) in [6, 6.07) is 9.59. The zero-order chi connectivity index (χ0) is 12.4. The molecule has 0 radical (unpaired) electrons. The van der Waals surface area contributed by atoms with E-state index in [0.717, 1.165) is 27.9 Å². The molecule has 0 bridgehead atoms. The standard InChI is InChI=1S/C14H13N3O/c15-13-3-4-14(12-9-16-6-5-11(12)13)17-8-10-2-1-7-18-10/h1-7,9,17H,8,15H2. The van der Waals surface area contributed by atoms with Gasteiger partial charge in [0.2, 0.25) is 0 Å². The van der Waals surface area contributed by atoms with Crippen LogP contribution in [0, 0.1) is 0 Å². The van der Waals surface area contributed by atoms with E-state index in [1.807, 2.05) is 36.5 Å². The van der Waals surface area contributed by atoms with Crippen molar-refractivity contribution >= 4 is 22.1 Å². The quantitative estimate of drug-likeness (QED) is 0.689. The van der Waals surface area contributed by atoms with E-state index in [-0.39, 0.29) is 0 Å². The first kappa shape index (κ1) is 10.7. The van der Waals surface area contributed by atoms with Crippen molar-refractivity contribution in [3.8, 4) is 0 Å². The number of nitrogens with zero attached hydrogens (tertiary/aromatic N) is 1. The third kappa shape index (κ3) is 1.88. The molecular weight excluding hydrogens is 226 g/mol. The maximum absolute atomic E-state index is 5.94. The largest absolute Gasteiger partial charge is 0.467 e. The van der Waals surface area contributed by atoms with Crippen LogP contribution < -0.4 is 11.1 Å². The van der Waals surface area contributed by atoms with Crippen LogP contribution in [0.4, 0.5) is 11.4 Å². The highest BCUT2D eigenvalue weighted by Gasteiger charge is 2.04. The fourth-order valence-electron chi connectivity index (χ4n) is 1.96. The van der Waals surface area contributed by atoms with Crippen molar-refractivity contribution in [3.05, 3.63) is 54.7 Å². The molecule has 3 N–H and O–H groups in total. The van der Waals surface area contributed by atoms with Crippen LogP contribution in [-0.4, -0.2) is 4.98 Å². The number of furan rings is 1. The highest BCUT2D eigenvalue weighted by Crippen LogP contribution is 2.27. The number of nitrogens with one attached hydrogen (secondary N) is 1. The minimum atomic E-state index is 0.640. The SMILES string of the molecule is Nc1ccc(NCc2ccco2)c2cnccc12. The molecule has 0 atom stereocenters. The molecule has 4 heteroatoms. The molecule has 0 spiro atoms. The third-order valence-electron chi connectivity index (χ3n) is 2.88. The number of fused-ring (bicyclic) bond motifs is 1. The van der Waals surface area contributed by atoms with Crippen LogP contribution in [0.25, 0.3) is 10.8 Å². The van der Waals surface area contributed by atoms with Crippen molar-refractivity contribution in [1.82, 2.24) is 4.98 Å². The topological polar surface area (TPSA) is 64.1 Å². The number of pyridine rings is 1. The van der Waals surface area contributed by atoms with Gasteiger partial charge in [0.1, 0.15) is 5.76 Å². The smallest absolute Gasteiger partial charge is 0.122 e. The van der Waals surface area contributed by atoms with Crippen molar-refractivity contribution in [1.29, 1.82) is 0 Å². The molecule has 0 fully saturated rings. The lowest BCUT2D eigenvalue weighted by molar-refractivity contribution is 0.518. The molecule has 90 valence electrons. The summed E-state index contributed by atoms with van der Waals surface area (Å²) in [5.74, 6) is 0.892. The molecule has 0 aliphatic heterocycles. The van der Waals surface area contributed by atoms with E-state index in [2.05, 4.69) is 10.3 Å². The zero-order valence-corrected chi connectivity index (χ0v) is 9.76. The Labute approximate surface area is 104 Å². The van der Waals surface area contributed by atoms with Gasteiger partial charge in [0.05, 0.1) is 12.8 Å². The van der Waals surface area contributed by atoms with Gasteiger partial charge in [-0.3, -0.25) is 4.98 Å². The molecule has 0 saturated carbocycles. The molecule has 0 unspecified atom stereocenters. The molecule has 2 aromatic heterocycles. The van der Waals surface area contributed by atoms with Gasteiger partial charge in [0, 0.05) is 34.5 Å². The first-order valence-corrected chi connectivity index (χ1v) is 5.73. The second kappa shape index (κ2) is 4.41. The van der Waals surface area contributed by atoms with Gasteiger partial charge in [0.25, 0.3) is 0 Å². The molecule has 0 amide bonds. The Hall–Kier alpha value is -2.49. The van der Waals surface area contributed by atoms with Gasteiger partial charge in [-0.15, -0.1) is 0 Å². The summed E-state index contributed by atoms with van der Waals surface area (Å²) >= 11 is 0. The summed E-state index contributed by atoms with van der Waals surface area (Å²) in [4.78, 5) is 4.14. The van der Waals surface area contributed by atoms with Crippen molar-refractivity contribution in [2.24, 2.45) is 0 Å². The van der Waals surface area contributed by atoms with E-state index in [4.69, 9.17) is 10.2 Å². The molecule has 18 heavy (non-hydrogen) atoms. The Balaban J connectivity index is 1.94. The molecule has 1 aromatic carbocycles. The van der Waals surface area contributed by atoms with Gasteiger partial charge in [-0.25, -0.2) is 0 Å². The first-order chi connectivity index (χ1) is 8.84. The van der Waals surface area contributed by atoms with Gasteiger partial charge >= 0.3 is 0 Å². The van der Waals surface area contributed by atoms with E-state index < -0.39 is 0 Å². The maximum atomic E-state index is 5.94. The fourth-order valence-corrected chi connectivity index (χ4v) is 1.96. The highest BCUT2D eigenvalue weighted by molar-refractivity contribution is 6.00. The normalized spacial score (nSPS) is 10.7. The monoisotopic (exact) mass is 239 g/mol. The summed E-state index contributed by atoms with van der Waals surface area (Å²) in [6.07, 6.45) is 5.23. The second-order valence-electron chi connectivity index (χ2n) is 4.06. The van der Waals surface area contributed by atoms with Crippen LogP contribution in [0.15, 0.2) is 53.4 Å². The summed E-state index contributed by atoms with van der Waals surface area (Å²) in [5.41, 5.74) is 7.71. The Morgan fingerprint density at radius 1 is 1.17 bits per heavy atom. The highest BCUT2D eigenvalue weighted by atomic mass is 16.3. The van der Waals surface area contributed by atoms with Crippen molar-refractivity contribution in [3.63, 3.8) is 0 Å². The minimum absolute atomic E-state index is 0.640. The van der Waals surface area contributed by atoms with Crippen LogP contribution in [0.3, 0.4) is 0 Å². The molecule has 3 rings (SSSR count). The van der Waals surface area contributed by atoms with E-state index in [0.29, 0.717) is 6.54 Å². The van der Waals surface area contributed by atoms with Crippen LogP contribution in [0.2, 0.25) is 0 Å². The second-order valence-corrected chi connectivity index (χ2v) is 4.06. The Morgan fingerprint density at radius 3 is 2.94 bits per heavy atom. The minimum Gasteiger partial charge on any atom is -0.467 e. The van der Waals surface area contributed by atoms with Crippen LogP contribution in [0.1, 0.15) is 5.76 Å². The lowest BCUT2D eigenvalue weighted by Gasteiger charge is -2.09. The van der Waals surface area contributed by atoms with Crippen LogP contribution in [-0.2, 0) is 6.54 Å². The van der Waals surface area contributed by atoms with Gasteiger partial charge < -0.3 is 15.5 Å². The zero-order valence-electron chi connectivity index (χ0n) is 9.76. The predicted octanol–water partition coefficient (Wildman–Crippen LogP) is 3.02. The lowest BCUT2D eigenvalue weighted by Crippen LogP contribution is -2.00. The Kier molecular flexibility index (Phi) is 2.61. The molecule has 0 aliphatic rings. The van der Waals surface area contributed by atoms with Gasteiger partial charge in [-0.05, 0) is 30.3 Å². The van der Waals surface area contributed by atoms with Gasteiger partial charge in [0.15, 0.2) is 0 Å². The third-order valence-corrected chi connectivity index (χ3v) is 2.88. The molecular formula is C14H13N3O.